The van der Waals surface area contributed by atoms with Crippen LogP contribution in [0.25, 0.3) is 0 Å². The number of rotatable bonds is 8. The molecule has 0 aliphatic heterocycles. The molecule has 0 aliphatic carbocycles. The van der Waals surface area contributed by atoms with Crippen molar-refractivity contribution in [2.24, 2.45) is 5.10 Å². The molecule has 2 rings (SSSR count). The quantitative estimate of drug-likeness (QED) is 0.356. The zero-order chi connectivity index (χ0) is 22.1. The molecule has 0 fully saturated rings. The van der Waals surface area contributed by atoms with Crippen LogP contribution in [0.4, 0.5) is 18.9 Å². The van der Waals surface area contributed by atoms with E-state index in [0.29, 0.717) is 22.9 Å². The van der Waals surface area contributed by atoms with Crippen LogP contribution in [-0.2, 0) is 15.8 Å². The minimum atomic E-state index is -4.53. The number of hydrazone groups is 1. The van der Waals surface area contributed by atoms with Crippen molar-refractivity contribution in [3.63, 3.8) is 0 Å². The zero-order valence-corrected chi connectivity index (χ0v) is 16.7. The molecule has 0 radical (unpaired) electrons. The molecule has 0 spiro atoms. The monoisotopic (exact) mass is 441 g/mol. The van der Waals surface area contributed by atoms with E-state index in [0.717, 1.165) is 24.6 Å². The van der Waals surface area contributed by atoms with Gasteiger partial charge in [-0.05, 0) is 42.8 Å². The van der Waals surface area contributed by atoms with Crippen LogP contribution in [0.3, 0.4) is 0 Å². The van der Waals surface area contributed by atoms with Crippen LogP contribution in [0.5, 0.6) is 5.75 Å². The summed E-state index contributed by atoms with van der Waals surface area (Å²) in [5.41, 5.74) is 1.74. The summed E-state index contributed by atoms with van der Waals surface area (Å²) in [5, 5.41) is 6.46. The zero-order valence-electron chi connectivity index (χ0n) is 15.9. The normalized spacial score (nSPS) is 11.4. The van der Waals surface area contributed by atoms with Crippen LogP contribution in [0.1, 0.15) is 30.9 Å². The first kappa shape index (κ1) is 23.2. The summed E-state index contributed by atoms with van der Waals surface area (Å²) in [6, 6.07) is 9.04. The summed E-state index contributed by atoms with van der Waals surface area (Å²) < 4.78 is 43.7. The maximum atomic E-state index is 12.7. The molecule has 2 aromatic carbocycles. The predicted molar refractivity (Wildman–Crippen MR) is 108 cm³/mol. The number of anilines is 1. The first-order valence-corrected chi connectivity index (χ1v) is 9.28. The molecule has 2 amide bonds. The molecule has 0 atom stereocenters. The summed E-state index contributed by atoms with van der Waals surface area (Å²) in [5.74, 6) is -0.993. The third kappa shape index (κ3) is 7.40. The van der Waals surface area contributed by atoms with Gasteiger partial charge >= 0.3 is 6.18 Å². The molecule has 0 bridgehead atoms. The second kappa shape index (κ2) is 10.6. The fraction of sp³-hybridized carbons (Fsp3) is 0.250. The van der Waals surface area contributed by atoms with Crippen molar-refractivity contribution in [2.45, 2.75) is 25.9 Å². The molecule has 160 valence electrons. The van der Waals surface area contributed by atoms with E-state index in [9.17, 15) is 22.8 Å². The Hall–Kier alpha value is -3.07. The highest BCUT2D eigenvalue weighted by molar-refractivity contribution is 6.30. The van der Waals surface area contributed by atoms with Crippen molar-refractivity contribution in [3.8, 4) is 5.75 Å². The Bertz CT molecular complexity index is 933. The van der Waals surface area contributed by atoms with E-state index in [1.54, 1.807) is 18.2 Å². The Morgan fingerprint density at radius 3 is 2.63 bits per heavy atom. The average molecular weight is 442 g/mol. The van der Waals surface area contributed by atoms with Gasteiger partial charge in [0.05, 0.1) is 18.4 Å². The van der Waals surface area contributed by atoms with Crippen molar-refractivity contribution >= 4 is 35.3 Å². The van der Waals surface area contributed by atoms with Gasteiger partial charge in [-0.15, -0.1) is 0 Å². The molecule has 30 heavy (non-hydrogen) atoms. The number of nitrogens with zero attached hydrogens (tertiary/aromatic N) is 1. The van der Waals surface area contributed by atoms with Crippen LogP contribution in [0.2, 0.25) is 5.02 Å². The van der Waals surface area contributed by atoms with Gasteiger partial charge in [-0.3, -0.25) is 9.59 Å². The van der Waals surface area contributed by atoms with Crippen LogP contribution < -0.4 is 15.5 Å². The fourth-order valence-electron chi connectivity index (χ4n) is 2.30. The van der Waals surface area contributed by atoms with Gasteiger partial charge in [-0.1, -0.05) is 24.6 Å². The molecule has 0 heterocycles. The largest absolute Gasteiger partial charge is 0.493 e. The molecule has 6 nitrogen and oxygen atoms in total. The highest BCUT2D eigenvalue weighted by Gasteiger charge is 2.30. The van der Waals surface area contributed by atoms with Crippen LogP contribution in [0, 0.1) is 0 Å². The summed E-state index contributed by atoms with van der Waals surface area (Å²) in [4.78, 5) is 23.8. The molecule has 2 N–H and O–H groups in total. The first-order valence-electron chi connectivity index (χ1n) is 8.90. The number of alkyl halides is 3. The van der Waals surface area contributed by atoms with E-state index < -0.39 is 30.0 Å². The summed E-state index contributed by atoms with van der Waals surface area (Å²) in [6.45, 7) is 2.44. The third-order valence-corrected chi connectivity index (χ3v) is 3.86. The van der Waals surface area contributed by atoms with Gasteiger partial charge in [0.25, 0.3) is 0 Å². The maximum Gasteiger partial charge on any atom is 0.416 e. The van der Waals surface area contributed by atoms with E-state index in [-0.39, 0.29) is 5.69 Å². The molecular weight excluding hydrogens is 423 g/mol. The summed E-state index contributed by atoms with van der Waals surface area (Å²) in [7, 11) is 0. The number of amides is 2. The minimum absolute atomic E-state index is 0.0669. The van der Waals surface area contributed by atoms with Gasteiger partial charge in [0, 0.05) is 16.3 Å². The van der Waals surface area contributed by atoms with Crippen LogP contribution >= 0.6 is 11.6 Å². The van der Waals surface area contributed by atoms with E-state index in [2.05, 4.69) is 15.8 Å². The number of halogens is 4. The van der Waals surface area contributed by atoms with Gasteiger partial charge in [0.1, 0.15) is 12.2 Å². The lowest BCUT2D eigenvalue weighted by molar-refractivity contribution is -0.137. The predicted octanol–water partition coefficient (Wildman–Crippen LogP) is 4.63. The van der Waals surface area contributed by atoms with E-state index in [4.69, 9.17) is 16.3 Å². The number of hydrogen-bond acceptors (Lipinski definition) is 4. The first-order chi connectivity index (χ1) is 14.2. The standard InChI is InChI=1S/C20H19ClF3N3O3/c1-2-8-30-17-7-6-15(21)9-13(17)12-25-27-19(29)11-18(28)26-16-5-3-4-14(10-16)20(22,23)24/h3-7,9-10,12H,2,8,11H2,1H3,(H,26,28)(H,27,29). The van der Waals surface area contributed by atoms with Crippen molar-refractivity contribution in [3.05, 3.63) is 58.6 Å². The Labute approximate surface area is 176 Å². The number of carbonyl (C=O) groups is 2. The fourth-order valence-corrected chi connectivity index (χ4v) is 2.48. The van der Waals surface area contributed by atoms with Crippen LogP contribution in [0.15, 0.2) is 47.6 Å². The lowest BCUT2D eigenvalue weighted by Crippen LogP contribution is -2.24. The molecule has 0 saturated heterocycles. The molecule has 0 aromatic heterocycles. The molecule has 0 unspecified atom stereocenters. The lowest BCUT2D eigenvalue weighted by atomic mass is 10.2. The van der Waals surface area contributed by atoms with Gasteiger partial charge in [-0.25, -0.2) is 5.43 Å². The van der Waals surface area contributed by atoms with Gasteiger partial charge in [0.2, 0.25) is 11.8 Å². The van der Waals surface area contributed by atoms with Crippen molar-refractivity contribution in [1.29, 1.82) is 0 Å². The second-order valence-corrected chi connectivity index (χ2v) is 6.56. The van der Waals surface area contributed by atoms with Gasteiger partial charge in [0.15, 0.2) is 0 Å². The highest BCUT2D eigenvalue weighted by Crippen LogP contribution is 2.30. The lowest BCUT2D eigenvalue weighted by Gasteiger charge is -2.09. The number of hydrogen-bond donors (Lipinski definition) is 2. The maximum absolute atomic E-state index is 12.7. The molecule has 0 aliphatic rings. The topological polar surface area (TPSA) is 79.8 Å². The van der Waals surface area contributed by atoms with Crippen molar-refractivity contribution in [1.82, 2.24) is 5.43 Å². The third-order valence-electron chi connectivity index (χ3n) is 3.62. The molecule has 2 aromatic rings. The van der Waals surface area contributed by atoms with E-state index in [1.807, 2.05) is 6.92 Å². The van der Waals surface area contributed by atoms with E-state index in [1.165, 1.54) is 12.3 Å². The minimum Gasteiger partial charge on any atom is -0.493 e. The summed E-state index contributed by atoms with van der Waals surface area (Å²) >= 11 is 5.95. The van der Waals surface area contributed by atoms with Crippen LogP contribution in [-0.4, -0.2) is 24.6 Å². The van der Waals surface area contributed by atoms with Gasteiger partial charge in [-0.2, -0.15) is 18.3 Å². The van der Waals surface area contributed by atoms with E-state index >= 15 is 0 Å². The Kier molecular flexibility index (Phi) is 8.23. The highest BCUT2D eigenvalue weighted by atomic mass is 35.5. The SMILES string of the molecule is CCCOc1ccc(Cl)cc1C=NNC(=O)CC(=O)Nc1cccc(C(F)(F)F)c1. The Morgan fingerprint density at radius 1 is 1.17 bits per heavy atom. The molecular formula is C20H19ClF3N3O3. The molecule has 0 saturated carbocycles. The smallest absolute Gasteiger partial charge is 0.416 e. The average Bonchev–Trinajstić information content (AvgIpc) is 2.66. The second-order valence-electron chi connectivity index (χ2n) is 6.13. The number of nitrogens with one attached hydrogen (secondary N) is 2. The Morgan fingerprint density at radius 2 is 1.93 bits per heavy atom. The Balaban J connectivity index is 1.92. The summed E-state index contributed by atoms with van der Waals surface area (Å²) in [6.07, 6.45) is -3.04. The number of benzene rings is 2. The van der Waals surface area contributed by atoms with Gasteiger partial charge < -0.3 is 10.1 Å². The number of carbonyl (C=O) groups excluding carboxylic acids is 2. The van der Waals surface area contributed by atoms with Crippen molar-refractivity contribution in [2.75, 3.05) is 11.9 Å². The van der Waals surface area contributed by atoms with Crippen molar-refractivity contribution < 1.29 is 27.5 Å². The number of ether oxygens (including phenoxy) is 1. The molecule has 10 heteroatoms.